The lowest BCUT2D eigenvalue weighted by molar-refractivity contribution is 0.460. The van der Waals surface area contributed by atoms with Crippen LogP contribution in [0.5, 0.6) is 0 Å². The van der Waals surface area contributed by atoms with Crippen LogP contribution >= 0.6 is 15.9 Å². The molecule has 1 aromatic carbocycles. The predicted octanol–water partition coefficient (Wildman–Crippen LogP) is 1.81. The second kappa shape index (κ2) is 3.66. The van der Waals surface area contributed by atoms with Crippen molar-refractivity contribution in [2.45, 2.75) is 13.3 Å². The highest BCUT2D eigenvalue weighted by atomic mass is 79.9. The molecule has 1 N–H and O–H groups in total. The topological polar surface area (TPSA) is 63.1 Å². The van der Waals surface area contributed by atoms with Crippen molar-refractivity contribution in [2.24, 2.45) is 0 Å². The van der Waals surface area contributed by atoms with Gasteiger partial charge in [0, 0.05) is 4.47 Å². The van der Waals surface area contributed by atoms with Crippen molar-refractivity contribution in [1.82, 2.24) is 4.98 Å². The summed E-state index contributed by atoms with van der Waals surface area (Å²) in [4.78, 5) is 24.9. The van der Waals surface area contributed by atoms with Crippen LogP contribution in [0.3, 0.4) is 0 Å². The maximum atomic E-state index is 11.4. The van der Waals surface area contributed by atoms with E-state index < -0.39 is 11.4 Å². The van der Waals surface area contributed by atoms with Gasteiger partial charge in [-0.25, -0.2) is 9.59 Å². The Morgan fingerprint density at radius 1 is 1.40 bits per heavy atom. The van der Waals surface area contributed by atoms with Gasteiger partial charge in [0.05, 0.1) is 10.9 Å². The lowest BCUT2D eigenvalue weighted by Crippen LogP contribution is -2.15. The maximum absolute atomic E-state index is 11.4. The van der Waals surface area contributed by atoms with Gasteiger partial charge in [-0.05, 0) is 40.0 Å². The fraction of sp³-hybridized carbons (Fsp3) is 0.200. The van der Waals surface area contributed by atoms with Gasteiger partial charge in [0.15, 0.2) is 0 Å². The Kier molecular flexibility index (Phi) is 2.48. The number of hydrogen-bond acceptors (Lipinski definition) is 3. The van der Waals surface area contributed by atoms with Crippen LogP contribution in [-0.2, 0) is 6.42 Å². The molecule has 4 nitrogen and oxygen atoms in total. The molecule has 0 fully saturated rings. The summed E-state index contributed by atoms with van der Waals surface area (Å²) in [5, 5.41) is 0.367. The summed E-state index contributed by atoms with van der Waals surface area (Å²) in [7, 11) is 0. The zero-order chi connectivity index (χ0) is 11.0. The van der Waals surface area contributed by atoms with Crippen LogP contribution in [-0.4, -0.2) is 4.98 Å². The molecule has 0 aliphatic rings. The van der Waals surface area contributed by atoms with E-state index in [4.69, 9.17) is 0 Å². The van der Waals surface area contributed by atoms with Crippen LogP contribution in [0.25, 0.3) is 10.9 Å². The SMILES string of the molecule is CCc1cc(Br)c2c(=O)oc(=O)[nH]c2c1. The molecule has 0 aliphatic carbocycles. The van der Waals surface area contributed by atoms with Gasteiger partial charge in [-0.2, -0.15) is 0 Å². The van der Waals surface area contributed by atoms with Crippen molar-refractivity contribution >= 4 is 26.8 Å². The van der Waals surface area contributed by atoms with Crippen molar-refractivity contribution in [2.75, 3.05) is 0 Å². The second-order valence-electron chi connectivity index (χ2n) is 3.16. The zero-order valence-corrected chi connectivity index (χ0v) is 9.55. The third-order valence-electron chi connectivity index (χ3n) is 2.18. The van der Waals surface area contributed by atoms with Gasteiger partial charge in [0.25, 0.3) is 0 Å². The first-order valence-electron chi connectivity index (χ1n) is 4.47. The molecule has 0 aliphatic heterocycles. The summed E-state index contributed by atoms with van der Waals surface area (Å²) in [6.45, 7) is 2.00. The molecule has 0 bridgehead atoms. The maximum Gasteiger partial charge on any atom is 0.419 e. The number of halogens is 1. The normalized spacial score (nSPS) is 10.8. The summed E-state index contributed by atoms with van der Waals surface area (Å²) in [6.07, 6.45) is 0.830. The van der Waals surface area contributed by atoms with E-state index in [9.17, 15) is 9.59 Å². The number of hydrogen-bond donors (Lipinski definition) is 1. The fourth-order valence-electron chi connectivity index (χ4n) is 1.44. The predicted molar refractivity (Wildman–Crippen MR) is 60.2 cm³/mol. The molecule has 0 unspecified atom stereocenters. The standard InChI is InChI=1S/C10H8BrNO3/c1-2-5-3-6(11)8-7(4-5)12-10(14)15-9(8)13/h3-4H,2H2,1H3,(H,12,14). The van der Waals surface area contributed by atoms with Crippen molar-refractivity contribution < 1.29 is 4.42 Å². The summed E-state index contributed by atoms with van der Waals surface area (Å²) >= 11 is 3.28. The van der Waals surface area contributed by atoms with E-state index in [1.165, 1.54) is 0 Å². The Bertz CT molecular complexity index is 627. The number of fused-ring (bicyclic) bond motifs is 1. The van der Waals surface area contributed by atoms with E-state index >= 15 is 0 Å². The Hall–Kier alpha value is -1.36. The van der Waals surface area contributed by atoms with Gasteiger partial charge in [-0.1, -0.05) is 6.92 Å². The Morgan fingerprint density at radius 3 is 2.80 bits per heavy atom. The molecule has 1 heterocycles. The quantitative estimate of drug-likeness (QED) is 0.859. The number of rotatable bonds is 1. The monoisotopic (exact) mass is 269 g/mol. The van der Waals surface area contributed by atoms with Crippen LogP contribution < -0.4 is 11.4 Å². The van der Waals surface area contributed by atoms with Crippen LogP contribution in [0.2, 0.25) is 0 Å². The minimum atomic E-state index is -0.729. The molecule has 0 saturated heterocycles. The molecule has 2 aromatic rings. The molecular weight excluding hydrogens is 262 g/mol. The van der Waals surface area contributed by atoms with Crippen LogP contribution in [0.1, 0.15) is 12.5 Å². The van der Waals surface area contributed by atoms with Crippen LogP contribution in [0.4, 0.5) is 0 Å². The van der Waals surface area contributed by atoms with Crippen molar-refractivity contribution in [3.63, 3.8) is 0 Å². The van der Waals surface area contributed by atoms with Crippen molar-refractivity contribution in [1.29, 1.82) is 0 Å². The number of aromatic nitrogens is 1. The molecular formula is C10H8BrNO3. The van der Waals surface area contributed by atoms with Gasteiger partial charge in [-0.3, -0.25) is 4.98 Å². The van der Waals surface area contributed by atoms with E-state index in [-0.39, 0.29) is 0 Å². The van der Waals surface area contributed by atoms with E-state index in [0.29, 0.717) is 15.4 Å². The van der Waals surface area contributed by atoms with Crippen LogP contribution in [0, 0.1) is 0 Å². The molecule has 0 saturated carbocycles. The van der Waals surface area contributed by atoms with Gasteiger partial charge in [-0.15, -0.1) is 0 Å². The Morgan fingerprint density at radius 2 is 2.13 bits per heavy atom. The van der Waals surface area contributed by atoms with Gasteiger partial charge < -0.3 is 4.42 Å². The van der Waals surface area contributed by atoms with Gasteiger partial charge in [0.2, 0.25) is 0 Å². The number of H-pyrrole nitrogens is 1. The van der Waals surface area contributed by atoms with Crippen molar-refractivity contribution in [3.05, 3.63) is 43.1 Å². The number of aryl methyl sites for hydroxylation is 1. The first-order chi connectivity index (χ1) is 7.11. The average Bonchev–Trinajstić information content (AvgIpc) is 2.15. The Labute approximate surface area is 93.1 Å². The number of nitrogens with one attached hydrogen (secondary N) is 1. The van der Waals surface area contributed by atoms with E-state index in [2.05, 4.69) is 25.3 Å². The van der Waals surface area contributed by atoms with Gasteiger partial charge >= 0.3 is 11.4 Å². The molecule has 0 spiro atoms. The average molecular weight is 270 g/mol. The lowest BCUT2D eigenvalue weighted by atomic mass is 10.1. The number of aromatic amines is 1. The molecule has 0 amide bonds. The molecule has 2 rings (SSSR count). The smallest absolute Gasteiger partial charge is 0.372 e. The summed E-state index contributed by atoms with van der Waals surface area (Å²) in [5.74, 6) is -0.729. The first-order valence-corrected chi connectivity index (χ1v) is 5.26. The lowest BCUT2D eigenvalue weighted by Gasteiger charge is -2.01. The summed E-state index contributed by atoms with van der Waals surface area (Å²) < 4.78 is 5.09. The zero-order valence-electron chi connectivity index (χ0n) is 7.96. The highest BCUT2D eigenvalue weighted by Crippen LogP contribution is 2.21. The molecule has 0 radical (unpaired) electrons. The second-order valence-corrected chi connectivity index (χ2v) is 4.01. The van der Waals surface area contributed by atoms with Crippen LogP contribution in [0.15, 0.2) is 30.6 Å². The van der Waals surface area contributed by atoms with Gasteiger partial charge in [0.1, 0.15) is 0 Å². The Balaban J connectivity index is 2.98. The molecule has 15 heavy (non-hydrogen) atoms. The van der Waals surface area contributed by atoms with E-state index in [1.54, 1.807) is 6.07 Å². The van der Waals surface area contributed by atoms with E-state index in [0.717, 1.165) is 12.0 Å². The fourth-order valence-corrected chi connectivity index (χ4v) is 2.11. The highest BCUT2D eigenvalue weighted by Gasteiger charge is 2.07. The molecule has 1 aromatic heterocycles. The third kappa shape index (κ3) is 1.74. The molecule has 0 atom stereocenters. The number of benzene rings is 1. The van der Waals surface area contributed by atoms with Crippen molar-refractivity contribution in [3.8, 4) is 0 Å². The van der Waals surface area contributed by atoms with E-state index in [1.807, 2.05) is 13.0 Å². The first kappa shape index (κ1) is 10.2. The minimum absolute atomic E-state index is 0.367. The largest absolute Gasteiger partial charge is 0.419 e. The highest BCUT2D eigenvalue weighted by molar-refractivity contribution is 9.10. The minimum Gasteiger partial charge on any atom is -0.372 e. The third-order valence-corrected chi connectivity index (χ3v) is 2.81. The summed E-state index contributed by atoms with van der Waals surface area (Å²) in [5.41, 5.74) is 0.918. The summed E-state index contributed by atoms with van der Waals surface area (Å²) in [6, 6.07) is 3.62. The molecule has 78 valence electrons. The molecule has 5 heteroatoms.